The molecule has 0 aromatic heterocycles. The standard InChI is InChI=1S/C11H22N2O3/c1-4-5-9(12)11(16)13(6-8(2)3)7-10(14)15/h8-9H,4-7,12H2,1-3H3,(H,14,15)/t9-/m0/s1. The SMILES string of the molecule is CCC[C@H](N)C(=O)N(CC(=O)O)CC(C)C. The van der Waals surface area contributed by atoms with Gasteiger partial charge in [0, 0.05) is 6.54 Å². The molecule has 0 rings (SSSR count). The van der Waals surface area contributed by atoms with Crippen molar-refractivity contribution in [3.8, 4) is 0 Å². The quantitative estimate of drug-likeness (QED) is 0.673. The Kier molecular flexibility index (Phi) is 6.72. The van der Waals surface area contributed by atoms with Gasteiger partial charge < -0.3 is 15.7 Å². The molecule has 0 fully saturated rings. The first-order chi connectivity index (χ1) is 7.38. The molecule has 16 heavy (non-hydrogen) atoms. The number of hydrogen-bond donors (Lipinski definition) is 2. The number of amides is 1. The molecule has 0 saturated carbocycles. The molecule has 0 saturated heterocycles. The van der Waals surface area contributed by atoms with Crippen LogP contribution in [0.4, 0.5) is 0 Å². The summed E-state index contributed by atoms with van der Waals surface area (Å²) in [6, 6.07) is -0.580. The molecule has 0 aliphatic heterocycles. The Morgan fingerprint density at radius 1 is 1.38 bits per heavy atom. The zero-order valence-corrected chi connectivity index (χ0v) is 10.3. The van der Waals surface area contributed by atoms with Crippen LogP contribution in [0.3, 0.4) is 0 Å². The molecule has 0 bridgehead atoms. The summed E-state index contributed by atoms with van der Waals surface area (Å²) in [4.78, 5) is 23.8. The van der Waals surface area contributed by atoms with Crippen molar-refractivity contribution in [1.82, 2.24) is 4.90 Å². The number of carboxylic acid groups (broad SMARTS) is 1. The minimum atomic E-state index is -1.00. The van der Waals surface area contributed by atoms with Crippen LogP contribution in [0, 0.1) is 5.92 Å². The second-order valence-electron chi connectivity index (χ2n) is 4.40. The Bertz CT molecular complexity index is 241. The Labute approximate surface area is 96.6 Å². The maximum atomic E-state index is 11.8. The Morgan fingerprint density at radius 2 is 1.94 bits per heavy atom. The highest BCUT2D eigenvalue weighted by Gasteiger charge is 2.22. The summed E-state index contributed by atoms with van der Waals surface area (Å²) in [5.74, 6) is -1.03. The number of hydrogen-bond acceptors (Lipinski definition) is 3. The van der Waals surface area contributed by atoms with Gasteiger partial charge in [0.05, 0.1) is 6.04 Å². The number of carbonyl (C=O) groups is 2. The van der Waals surface area contributed by atoms with Gasteiger partial charge in [0.25, 0.3) is 0 Å². The Hall–Kier alpha value is -1.10. The third-order valence-corrected chi connectivity index (χ3v) is 2.14. The molecular formula is C11H22N2O3. The zero-order valence-electron chi connectivity index (χ0n) is 10.3. The lowest BCUT2D eigenvalue weighted by Crippen LogP contribution is -2.47. The van der Waals surface area contributed by atoms with Crippen LogP contribution in [-0.2, 0) is 9.59 Å². The summed E-state index contributed by atoms with van der Waals surface area (Å²) < 4.78 is 0. The summed E-state index contributed by atoms with van der Waals surface area (Å²) >= 11 is 0. The second-order valence-corrected chi connectivity index (χ2v) is 4.40. The lowest BCUT2D eigenvalue weighted by molar-refractivity contribution is -0.145. The molecule has 0 unspecified atom stereocenters. The molecule has 5 nitrogen and oxygen atoms in total. The third kappa shape index (κ3) is 5.70. The first-order valence-electron chi connectivity index (χ1n) is 5.64. The number of nitrogens with zero attached hydrogens (tertiary/aromatic N) is 1. The fourth-order valence-electron chi connectivity index (χ4n) is 1.51. The topological polar surface area (TPSA) is 83.6 Å². The maximum Gasteiger partial charge on any atom is 0.323 e. The summed E-state index contributed by atoms with van der Waals surface area (Å²) in [5, 5.41) is 8.72. The highest BCUT2D eigenvalue weighted by molar-refractivity contribution is 5.85. The lowest BCUT2D eigenvalue weighted by Gasteiger charge is -2.25. The van der Waals surface area contributed by atoms with Crippen LogP contribution < -0.4 is 5.73 Å². The van der Waals surface area contributed by atoms with E-state index in [1.165, 1.54) is 4.90 Å². The van der Waals surface area contributed by atoms with Crippen molar-refractivity contribution in [3.63, 3.8) is 0 Å². The molecular weight excluding hydrogens is 208 g/mol. The molecule has 0 aliphatic rings. The Morgan fingerprint density at radius 3 is 2.31 bits per heavy atom. The number of carboxylic acids is 1. The van der Waals surface area contributed by atoms with Gasteiger partial charge in [-0.15, -0.1) is 0 Å². The average Bonchev–Trinajstić information content (AvgIpc) is 2.14. The van der Waals surface area contributed by atoms with Crippen molar-refractivity contribution in [2.24, 2.45) is 11.7 Å². The van der Waals surface area contributed by atoms with Gasteiger partial charge in [0.1, 0.15) is 6.54 Å². The number of aliphatic carboxylic acids is 1. The van der Waals surface area contributed by atoms with Crippen LogP contribution in [-0.4, -0.2) is 41.0 Å². The third-order valence-electron chi connectivity index (χ3n) is 2.14. The molecule has 3 N–H and O–H groups in total. The van der Waals surface area contributed by atoms with Crippen LogP contribution in [0.2, 0.25) is 0 Å². The van der Waals surface area contributed by atoms with E-state index in [0.29, 0.717) is 13.0 Å². The molecule has 1 amide bonds. The predicted octanol–water partition coefficient (Wildman–Crippen LogP) is 0.683. The van der Waals surface area contributed by atoms with Gasteiger partial charge >= 0.3 is 5.97 Å². The summed E-state index contributed by atoms with van der Waals surface area (Å²) in [7, 11) is 0. The first kappa shape index (κ1) is 14.9. The zero-order chi connectivity index (χ0) is 12.7. The molecule has 0 radical (unpaired) electrons. The monoisotopic (exact) mass is 230 g/mol. The van der Waals surface area contributed by atoms with Gasteiger partial charge in [-0.2, -0.15) is 0 Å². The van der Waals surface area contributed by atoms with Crippen molar-refractivity contribution in [2.75, 3.05) is 13.1 Å². The van der Waals surface area contributed by atoms with E-state index in [-0.39, 0.29) is 18.4 Å². The van der Waals surface area contributed by atoms with Gasteiger partial charge in [-0.3, -0.25) is 9.59 Å². The molecule has 1 atom stereocenters. The summed E-state index contributed by atoms with van der Waals surface area (Å²) in [6.07, 6.45) is 1.41. The normalized spacial score (nSPS) is 12.6. The van der Waals surface area contributed by atoms with E-state index in [4.69, 9.17) is 10.8 Å². The van der Waals surface area contributed by atoms with Crippen LogP contribution >= 0.6 is 0 Å². The van der Waals surface area contributed by atoms with Crippen LogP contribution in [0.5, 0.6) is 0 Å². The van der Waals surface area contributed by atoms with Gasteiger partial charge in [0.15, 0.2) is 0 Å². The first-order valence-corrected chi connectivity index (χ1v) is 5.64. The molecule has 0 aliphatic carbocycles. The highest BCUT2D eigenvalue weighted by Crippen LogP contribution is 2.04. The molecule has 0 aromatic carbocycles. The Balaban J connectivity index is 4.48. The van der Waals surface area contributed by atoms with Crippen LogP contribution in [0.15, 0.2) is 0 Å². The van der Waals surface area contributed by atoms with Gasteiger partial charge in [-0.25, -0.2) is 0 Å². The van der Waals surface area contributed by atoms with Crippen molar-refractivity contribution < 1.29 is 14.7 Å². The van der Waals surface area contributed by atoms with Gasteiger partial charge in [-0.1, -0.05) is 27.2 Å². The van der Waals surface area contributed by atoms with Crippen LogP contribution in [0.1, 0.15) is 33.6 Å². The van der Waals surface area contributed by atoms with E-state index in [9.17, 15) is 9.59 Å². The summed E-state index contributed by atoms with van der Waals surface area (Å²) in [6.45, 7) is 5.98. The fourth-order valence-corrected chi connectivity index (χ4v) is 1.51. The largest absolute Gasteiger partial charge is 0.480 e. The molecule has 5 heteroatoms. The highest BCUT2D eigenvalue weighted by atomic mass is 16.4. The molecule has 0 spiro atoms. The minimum Gasteiger partial charge on any atom is -0.480 e. The van der Waals surface area contributed by atoms with Crippen molar-refractivity contribution in [1.29, 1.82) is 0 Å². The van der Waals surface area contributed by atoms with Gasteiger partial charge in [-0.05, 0) is 12.3 Å². The average molecular weight is 230 g/mol. The lowest BCUT2D eigenvalue weighted by atomic mass is 10.1. The smallest absolute Gasteiger partial charge is 0.323 e. The summed E-state index contributed by atoms with van der Waals surface area (Å²) in [5.41, 5.74) is 5.70. The fraction of sp³-hybridized carbons (Fsp3) is 0.818. The molecule has 94 valence electrons. The predicted molar refractivity (Wildman–Crippen MR) is 61.9 cm³/mol. The minimum absolute atomic E-state index is 0.233. The second kappa shape index (κ2) is 7.22. The molecule has 0 aromatic rings. The van der Waals surface area contributed by atoms with E-state index >= 15 is 0 Å². The van der Waals surface area contributed by atoms with E-state index in [1.807, 2.05) is 20.8 Å². The molecule has 0 heterocycles. The maximum absolute atomic E-state index is 11.8. The van der Waals surface area contributed by atoms with E-state index in [2.05, 4.69) is 0 Å². The number of carbonyl (C=O) groups excluding carboxylic acids is 1. The number of nitrogens with two attached hydrogens (primary N) is 1. The van der Waals surface area contributed by atoms with E-state index in [1.54, 1.807) is 0 Å². The number of rotatable bonds is 7. The van der Waals surface area contributed by atoms with Crippen molar-refractivity contribution >= 4 is 11.9 Å². The van der Waals surface area contributed by atoms with Crippen molar-refractivity contribution in [2.45, 2.75) is 39.7 Å². The van der Waals surface area contributed by atoms with Crippen molar-refractivity contribution in [3.05, 3.63) is 0 Å². The van der Waals surface area contributed by atoms with Gasteiger partial charge in [0.2, 0.25) is 5.91 Å². The van der Waals surface area contributed by atoms with E-state index < -0.39 is 12.0 Å². The van der Waals surface area contributed by atoms with E-state index in [0.717, 1.165) is 6.42 Å². The van der Waals surface area contributed by atoms with Crippen LogP contribution in [0.25, 0.3) is 0 Å².